The number of fused-ring (bicyclic) bond motifs is 1. The molecular weight excluding hydrogens is 240 g/mol. The average molecular weight is 250 g/mol. The van der Waals surface area contributed by atoms with Gasteiger partial charge >= 0.3 is 5.97 Å². The van der Waals surface area contributed by atoms with Gasteiger partial charge in [0.1, 0.15) is 6.29 Å². The SMILES string of the molecule is COC(=O)c1c(C)c(C=O)cc2sc(N)nc12. The highest BCUT2D eigenvalue weighted by Crippen LogP contribution is 2.30. The van der Waals surface area contributed by atoms with E-state index in [1.807, 2.05) is 0 Å². The maximum atomic E-state index is 11.7. The zero-order valence-electron chi connectivity index (χ0n) is 9.31. The number of carbonyl (C=O) groups excluding carboxylic acids is 2. The maximum Gasteiger partial charge on any atom is 0.340 e. The summed E-state index contributed by atoms with van der Waals surface area (Å²) in [6.45, 7) is 1.69. The highest BCUT2D eigenvalue weighted by Gasteiger charge is 2.19. The smallest absolute Gasteiger partial charge is 0.340 e. The van der Waals surface area contributed by atoms with Gasteiger partial charge in [-0.2, -0.15) is 0 Å². The fourth-order valence-electron chi connectivity index (χ4n) is 1.67. The van der Waals surface area contributed by atoms with Crippen molar-refractivity contribution in [1.82, 2.24) is 4.98 Å². The molecular formula is C11H10N2O3S. The Bertz CT molecular complexity index is 619. The number of esters is 1. The zero-order valence-corrected chi connectivity index (χ0v) is 10.1. The Morgan fingerprint density at radius 1 is 1.59 bits per heavy atom. The van der Waals surface area contributed by atoms with Crippen molar-refractivity contribution < 1.29 is 14.3 Å². The van der Waals surface area contributed by atoms with Crippen LogP contribution >= 0.6 is 11.3 Å². The molecule has 0 spiro atoms. The summed E-state index contributed by atoms with van der Waals surface area (Å²) in [7, 11) is 1.29. The predicted molar refractivity (Wildman–Crippen MR) is 65.5 cm³/mol. The molecule has 1 aromatic carbocycles. The number of anilines is 1. The van der Waals surface area contributed by atoms with Gasteiger partial charge in [-0.05, 0) is 18.6 Å². The van der Waals surface area contributed by atoms with Gasteiger partial charge in [0.25, 0.3) is 0 Å². The van der Waals surface area contributed by atoms with E-state index in [1.54, 1.807) is 13.0 Å². The maximum absolute atomic E-state index is 11.7. The van der Waals surface area contributed by atoms with Crippen LogP contribution in [0.25, 0.3) is 10.2 Å². The van der Waals surface area contributed by atoms with Crippen molar-refractivity contribution in [3.8, 4) is 0 Å². The van der Waals surface area contributed by atoms with E-state index >= 15 is 0 Å². The van der Waals surface area contributed by atoms with E-state index in [0.29, 0.717) is 38.3 Å². The predicted octanol–water partition coefficient (Wildman–Crippen LogP) is 1.79. The van der Waals surface area contributed by atoms with Crippen molar-refractivity contribution in [3.05, 3.63) is 22.8 Å². The number of rotatable bonds is 2. The first kappa shape index (κ1) is 11.5. The molecule has 0 fully saturated rings. The van der Waals surface area contributed by atoms with Crippen molar-refractivity contribution in [3.63, 3.8) is 0 Å². The number of nitrogens with two attached hydrogens (primary N) is 1. The van der Waals surface area contributed by atoms with Gasteiger partial charge in [0.2, 0.25) is 0 Å². The van der Waals surface area contributed by atoms with Crippen LogP contribution in [0.2, 0.25) is 0 Å². The summed E-state index contributed by atoms with van der Waals surface area (Å²) >= 11 is 1.23. The first-order valence-electron chi connectivity index (χ1n) is 4.81. The number of nitrogens with zero attached hydrogens (tertiary/aromatic N) is 1. The Balaban J connectivity index is 2.88. The molecule has 2 rings (SSSR count). The zero-order chi connectivity index (χ0) is 12.6. The van der Waals surface area contributed by atoms with E-state index in [4.69, 9.17) is 10.5 Å². The minimum atomic E-state index is -0.513. The number of carbonyl (C=O) groups is 2. The van der Waals surface area contributed by atoms with E-state index in [2.05, 4.69) is 4.98 Å². The quantitative estimate of drug-likeness (QED) is 0.649. The highest BCUT2D eigenvalue weighted by atomic mass is 32.1. The van der Waals surface area contributed by atoms with Gasteiger partial charge in [-0.15, -0.1) is 0 Å². The second kappa shape index (κ2) is 4.14. The Labute approximate surface area is 101 Å². The molecule has 0 unspecified atom stereocenters. The van der Waals surface area contributed by atoms with Gasteiger partial charge < -0.3 is 10.5 Å². The van der Waals surface area contributed by atoms with E-state index in [0.717, 1.165) is 0 Å². The van der Waals surface area contributed by atoms with Gasteiger partial charge in [-0.3, -0.25) is 4.79 Å². The first-order valence-corrected chi connectivity index (χ1v) is 5.63. The number of hydrogen-bond donors (Lipinski definition) is 1. The van der Waals surface area contributed by atoms with Crippen molar-refractivity contribution in [2.24, 2.45) is 0 Å². The summed E-state index contributed by atoms with van der Waals surface area (Å²) in [5.74, 6) is -0.513. The lowest BCUT2D eigenvalue weighted by molar-refractivity contribution is 0.0602. The monoisotopic (exact) mass is 250 g/mol. The van der Waals surface area contributed by atoms with Crippen molar-refractivity contribution in [2.75, 3.05) is 12.8 Å². The minimum Gasteiger partial charge on any atom is -0.465 e. The second-order valence-electron chi connectivity index (χ2n) is 3.47. The number of ether oxygens (including phenoxy) is 1. The molecule has 17 heavy (non-hydrogen) atoms. The molecule has 6 heteroatoms. The molecule has 1 aromatic heterocycles. The van der Waals surface area contributed by atoms with Crippen LogP contribution in [0.15, 0.2) is 6.07 Å². The van der Waals surface area contributed by atoms with Crippen molar-refractivity contribution in [2.45, 2.75) is 6.92 Å². The summed E-state index contributed by atoms with van der Waals surface area (Å²) in [6.07, 6.45) is 0.705. The van der Waals surface area contributed by atoms with E-state index in [9.17, 15) is 9.59 Å². The third-order valence-corrected chi connectivity index (χ3v) is 3.35. The van der Waals surface area contributed by atoms with E-state index in [-0.39, 0.29) is 0 Å². The number of benzene rings is 1. The molecule has 0 atom stereocenters. The Morgan fingerprint density at radius 3 is 2.88 bits per heavy atom. The van der Waals surface area contributed by atoms with Crippen LogP contribution < -0.4 is 5.73 Å². The Morgan fingerprint density at radius 2 is 2.29 bits per heavy atom. The van der Waals surface area contributed by atoms with Crippen LogP contribution in [0.4, 0.5) is 5.13 Å². The fourth-order valence-corrected chi connectivity index (χ4v) is 2.46. The Hall–Kier alpha value is -1.95. The minimum absolute atomic E-state index is 0.306. The van der Waals surface area contributed by atoms with Crippen LogP contribution in [-0.2, 0) is 4.74 Å². The first-order chi connectivity index (χ1) is 8.08. The van der Waals surface area contributed by atoms with Crippen LogP contribution in [0.1, 0.15) is 26.3 Å². The number of nitrogen functional groups attached to an aromatic ring is 1. The second-order valence-corrected chi connectivity index (χ2v) is 4.54. The standard InChI is InChI=1S/C11H10N2O3S/c1-5-6(4-14)3-7-9(13-11(12)17-7)8(5)10(15)16-2/h3-4H,1-2H3,(H2,12,13). The number of thiazole rings is 1. The third kappa shape index (κ3) is 1.76. The van der Waals surface area contributed by atoms with Crippen molar-refractivity contribution >= 4 is 38.9 Å². The summed E-state index contributed by atoms with van der Waals surface area (Å²) in [5, 5.41) is 0.354. The molecule has 0 saturated carbocycles. The summed E-state index contributed by atoms with van der Waals surface area (Å²) < 4.78 is 5.41. The van der Waals surface area contributed by atoms with Crippen LogP contribution in [0, 0.1) is 6.92 Å². The molecule has 5 nitrogen and oxygen atoms in total. The molecule has 1 heterocycles. The molecule has 0 radical (unpaired) electrons. The molecule has 0 amide bonds. The molecule has 0 bridgehead atoms. The van der Waals surface area contributed by atoms with Gasteiger partial charge in [0.05, 0.1) is 22.9 Å². The lowest BCUT2D eigenvalue weighted by atomic mass is 10.0. The normalized spacial score (nSPS) is 10.5. The van der Waals surface area contributed by atoms with E-state index in [1.165, 1.54) is 18.4 Å². The van der Waals surface area contributed by atoms with E-state index < -0.39 is 5.97 Å². The summed E-state index contributed by atoms with van der Waals surface area (Å²) in [4.78, 5) is 26.8. The number of aromatic nitrogens is 1. The van der Waals surface area contributed by atoms with Crippen LogP contribution in [0.3, 0.4) is 0 Å². The number of hydrogen-bond acceptors (Lipinski definition) is 6. The molecule has 0 saturated heterocycles. The van der Waals surface area contributed by atoms with Gasteiger partial charge in [-0.25, -0.2) is 9.78 Å². The third-order valence-electron chi connectivity index (χ3n) is 2.52. The van der Waals surface area contributed by atoms with Crippen LogP contribution in [-0.4, -0.2) is 24.3 Å². The highest BCUT2D eigenvalue weighted by molar-refractivity contribution is 7.22. The van der Waals surface area contributed by atoms with Crippen molar-refractivity contribution in [1.29, 1.82) is 0 Å². The lowest BCUT2D eigenvalue weighted by Crippen LogP contribution is -2.07. The molecule has 0 aliphatic rings. The molecule has 88 valence electrons. The molecule has 2 N–H and O–H groups in total. The van der Waals surface area contributed by atoms with Gasteiger partial charge in [0, 0.05) is 5.56 Å². The average Bonchev–Trinajstić information content (AvgIpc) is 2.67. The topological polar surface area (TPSA) is 82.3 Å². The molecule has 0 aliphatic heterocycles. The van der Waals surface area contributed by atoms with Crippen LogP contribution in [0.5, 0.6) is 0 Å². The molecule has 2 aromatic rings. The number of aldehydes is 1. The van der Waals surface area contributed by atoms with Gasteiger partial charge in [0.15, 0.2) is 5.13 Å². The lowest BCUT2D eigenvalue weighted by Gasteiger charge is -2.06. The molecule has 0 aliphatic carbocycles. The Kier molecular flexibility index (Phi) is 2.81. The largest absolute Gasteiger partial charge is 0.465 e. The summed E-state index contributed by atoms with van der Waals surface area (Å²) in [5.41, 5.74) is 7.41. The number of methoxy groups -OCH3 is 1. The summed E-state index contributed by atoms with van der Waals surface area (Å²) in [6, 6.07) is 1.68. The fraction of sp³-hybridized carbons (Fsp3) is 0.182. The van der Waals surface area contributed by atoms with Gasteiger partial charge in [-0.1, -0.05) is 11.3 Å².